The predicted molar refractivity (Wildman–Crippen MR) is 20.0 cm³/mol. The molecule has 70 valence electrons. The number of carbonyl (C=O) groups excluding carboxylic acids is 4. The van der Waals surface area contributed by atoms with Gasteiger partial charge in [0.05, 0.1) is 23.9 Å². The largest absolute Gasteiger partial charge is 4.00 e. The minimum absolute atomic E-state index is 0. The summed E-state index contributed by atoms with van der Waals surface area (Å²) < 4.78 is 0. The molecule has 0 radical (unpaired) electrons. The molecule has 0 amide bonds. The maximum Gasteiger partial charge on any atom is 4.00 e. The van der Waals surface area contributed by atoms with Crippen LogP contribution < -0.4 is 20.4 Å². The average Bonchev–Trinajstić information content (AvgIpc) is 1.88. The Bertz CT molecular complexity index is 177. The summed E-state index contributed by atoms with van der Waals surface area (Å²) in [5.74, 6) is -8.74. The van der Waals surface area contributed by atoms with Crippen LogP contribution in [-0.4, -0.2) is 23.9 Å². The van der Waals surface area contributed by atoms with Crippen LogP contribution in [0.1, 0.15) is 0 Å². The predicted octanol–water partition coefficient (Wildman–Crippen LogP) is -7.03. The van der Waals surface area contributed by atoms with Gasteiger partial charge in [-0.3, -0.25) is 0 Å². The Kier molecular flexibility index (Phi) is 22.4. The molecule has 0 saturated heterocycles. The second-order valence-corrected chi connectivity index (χ2v) is 1.15. The van der Waals surface area contributed by atoms with Gasteiger partial charge in [0.15, 0.2) is 0 Å². The van der Waals surface area contributed by atoms with E-state index in [2.05, 4.69) is 0 Å². The van der Waals surface area contributed by atoms with Gasteiger partial charge in [0, 0.05) is 0 Å². The van der Waals surface area contributed by atoms with Crippen molar-refractivity contribution in [2.75, 3.05) is 0 Å². The molecule has 0 rings (SSSR count). The first-order valence-corrected chi connectivity index (χ1v) is 2.13. The minimum Gasteiger partial charge on any atom is -0.543 e. The fourth-order valence-electron chi connectivity index (χ4n) is 0. The summed E-state index contributed by atoms with van der Waals surface area (Å²) in [6, 6.07) is 0. The topological polar surface area (TPSA) is 161 Å². The Morgan fingerprint density at radius 1 is 0.571 bits per heavy atom. The molecule has 8 nitrogen and oxygen atoms in total. The molecule has 0 unspecified atom stereocenters. The molecule has 0 aromatic carbocycles. The van der Waals surface area contributed by atoms with Crippen molar-refractivity contribution in [1.29, 1.82) is 0 Å². The number of carbonyl (C=O) groups is 4. The Morgan fingerprint density at radius 3 is 0.643 bits per heavy atom. The van der Waals surface area contributed by atoms with E-state index >= 15 is 0 Å². The fraction of sp³-hybridized carbons (Fsp3) is 0. The van der Waals surface area contributed by atoms with E-state index < -0.39 is 23.9 Å². The van der Waals surface area contributed by atoms with Crippen molar-refractivity contribution in [2.24, 2.45) is 0 Å². The van der Waals surface area contributed by atoms with Crippen molar-refractivity contribution in [2.45, 2.75) is 0 Å². The molecule has 0 spiro atoms. The van der Waals surface area contributed by atoms with Crippen LogP contribution in [0.25, 0.3) is 0 Å². The average molecular weight is 652 g/mol. The van der Waals surface area contributed by atoms with Gasteiger partial charge in [0.25, 0.3) is 0 Å². The van der Waals surface area contributed by atoms with Crippen LogP contribution in [-0.2, 0) is 19.2 Å². The van der Waals surface area contributed by atoms with E-state index in [4.69, 9.17) is 39.6 Å². The molecule has 0 aliphatic rings. The van der Waals surface area contributed by atoms with Crippen molar-refractivity contribution >= 4 is 23.9 Å². The van der Waals surface area contributed by atoms with Gasteiger partial charge in [-0.15, -0.1) is 0 Å². The second-order valence-electron chi connectivity index (χ2n) is 1.15. The van der Waals surface area contributed by atoms with E-state index in [0.717, 1.165) is 0 Å². The van der Waals surface area contributed by atoms with Gasteiger partial charge in [0.1, 0.15) is 0 Å². The maximum absolute atomic E-state index is 8.93. The van der Waals surface area contributed by atoms with Crippen molar-refractivity contribution in [3.05, 3.63) is 0 Å². The van der Waals surface area contributed by atoms with E-state index in [-0.39, 0.29) is 69.1 Å². The molecule has 0 heterocycles. The second kappa shape index (κ2) is 13.2. The van der Waals surface area contributed by atoms with E-state index in [9.17, 15) is 0 Å². The smallest absolute Gasteiger partial charge is 0.543 e. The third kappa shape index (κ3) is 22.8. The number of aliphatic carboxylic acids is 4. The Labute approximate surface area is 131 Å². The molecular formula is C4O8PuTh+4. The molecular weight excluding hydrogens is 652 g/mol. The number of hydrogen-bond donors (Lipinski definition) is 0. The Hall–Kier alpha value is 0.192. The van der Waals surface area contributed by atoms with Gasteiger partial charge in [-0.05, 0) is 0 Å². The summed E-state index contributed by atoms with van der Waals surface area (Å²) in [6.07, 6.45) is 0. The summed E-state index contributed by atoms with van der Waals surface area (Å²) >= 11 is 0. The third-order valence-corrected chi connectivity index (χ3v) is 0.333. The summed E-state index contributed by atoms with van der Waals surface area (Å²) in [6.45, 7) is 0. The van der Waals surface area contributed by atoms with Gasteiger partial charge in [0.2, 0.25) is 0 Å². The number of hydrogen-bond acceptors (Lipinski definition) is 8. The zero-order chi connectivity index (χ0) is 10.3. The molecule has 0 saturated carbocycles. The molecule has 14 heavy (non-hydrogen) atoms. The van der Waals surface area contributed by atoms with Crippen LogP contribution in [0, 0.1) is 69.1 Å². The van der Waals surface area contributed by atoms with Gasteiger partial charge in [-0.25, -0.2) is 0 Å². The summed E-state index contributed by atoms with van der Waals surface area (Å²) in [5, 5.41) is 35.7. The minimum atomic E-state index is -2.19. The van der Waals surface area contributed by atoms with Crippen LogP contribution in [0.2, 0.25) is 0 Å². The van der Waals surface area contributed by atoms with Gasteiger partial charge in [-0.2, -0.15) is 0 Å². The maximum atomic E-state index is 8.93. The van der Waals surface area contributed by atoms with Gasteiger partial charge < -0.3 is 39.6 Å². The van der Waals surface area contributed by atoms with E-state index in [1.54, 1.807) is 0 Å². The molecule has 0 aliphatic heterocycles. The first kappa shape index (κ1) is 23.8. The zero-order valence-electron chi connectivity index (χ0n) is 6.17. The van der Waals surface area contributed by atoms with Crippen LogP contribution in [0.15, 0.2) is 0 Å². The van der Waals surface area contributed by atoms with Crippen LogP contribution in [0.3, 0.4) is 0 Å². The van der Waals surface area contributed by atoms with Gasteiger partial charge >= 0.3 is 69.1 Å². The zero-order valence-corrected chi connectivity index (χ0v) is 13.7. The van der Waals surface area contributed by atoms with Crippen LogP contribution in [0.4, 0.5) is 0 Å². The van der Waals surface area contributed by atoms with Crippen molar-refractivity contribution in [3.8, 4) is 0 Å². The summed E-state index contributed by atoms with van der Waals surface area (Å²) in [7, 11) is 0. The van der Waals surface area contributed by atoms with E-state index in [1.807, 2.05) is 0 Å². The Balaban J connectivity index is -0.0000000625. The molecule has 0 atom stereocenters. The first-order valence-electron chi connectivity index (χ1n) is 2.13. The quantitative estimate of drug-likeness (QED) is 0.234. The van der Waals surface area contributed by atoms with Crippen LogP contribution >= 0.6 is 0 Å². The summed E-state index contributed by atoms with van der Waals surface area (Å²) in [5.41, 5.74) is 0. The molecule has 0 fully saturated rings. The summed E-state index contributed by atoms with van der Waals surface area (Å²) in [4.78, 5) is 35.7. The van der Waals surface area contributed by atoms with Crippen molar-refractivity contribution < 1.29 is 109 Å². The third-order valence-electron chi connectivity index (χ3n) is 0.333. The van der Waals surface area contributed by atoms with Crippen molar-refractivity contribution in [1.82, 2.24) is 0 Å². The van der Waals surface area contributed by atoms with Gasteiger partial charge in [-0.1, -0.05) is 0 Å². The fourth-order valence-corrected chi connectivity index (χ4v) is 0. The van der Waals surface area contributed by atoms with Crippen molar-refractivity contribution in [3.63, 3.8) is 0 Å². The first-order chi connectivity index (χ1) is 5.29. The molecule has 0 aromatic rings. The SMILES string of the molecule is O=C([O-])C(=O)[O-].O=C([O-])C(=O)[O-].[Pu+4].[Th+4]. The number of carboxylic acids is 4. The standard InChI is InChI=1S/2C2H2O4.Pu.Th/c2*3-1(4)2(5)6;;/h2*(H,3,4)(H,5,6);;/q;;2*+4/p-4. The molecule has 0 aromatic heterocycles. The molecule has 0 bridgehead atoms. The number of rotatable bonds is 0. The monoisotopic (exact) mass is 646 g/mol. The molecule has 0 N–H and O–H groups in total. The van der Waals surface area contributed by atoms with E-state index in [0.29, 0.717) is 0 Å². The Morgan fingerprint density at radius 2 is 0.643 bits per heavy atom. The molecule has 10 heteroatoms. The van der Waals surface area contributed by atoms with E-state index in [1.165, 1.54) is 0 Å². The molecule has 0 aliphatic carbocycles. The van der Waals surface area contributed by atoms with Crippen LogP contribution in [0.5, 0.6) is 0 Å². The normalized spacial score (nSPS) is 6.29. The number of carboxylic acid groups (broad SMARTS) is 4.